The average Bonchev–Trinajstić information content (AvgIpc) is 2.64. The van der Waals surface area contributed by atoms with Crippen LogP contribution in [0.1, 0.15) is 41.0 Å². The highest BCUT2D eigenvalue weighted by Crippen LogP contribution is 2.68. The van der Waals surface area contributed by atoms with Crippen LogP contribution in [0, 0.1) is 16.7 Å². The van der Waals surface area contributed by atoms with E-state index in [1.54, 1.807) is 7.11 Å². The number of hydrogen-bond acceptors (Lipinski definition) is 3. The fourth-order valence-electron chi connectivity index (χ4n) is 3.59. The Bertz CT molecular complexity index is 287. The molecule has 3 atom stereocenters. The summed E-state index contributed by atoms with van der Waals surface area (Å²) in [6.07, 6.45) is 1.60. The predicted octanol–water partition coefficient (Wildman–Crippen LogP) is 2.45. The highest BCUT2D eigenvalue weighted by molar-refractivity contribution is 5.13. The molecule has 2 aliphatic carbocycles. The van der Waals surface area contributed by atoms with Crippen LogP contribution in [0.15, 0.2) is 0 Å². The van der Waals surface area contributed by atoms with Gasteiger partial charge < -0.3 is 14.8 Å². The standard InChI is InChI=1S/C15H29NO2/c1-7-18-11-8-10(13(11)17-6)16-9-12-14(2,3)15(12,4)5/h10-13,16H,7-9H2,1-6H3. The molecule has 106 valence electrons. The van der Waals surface area contributed by atoms with E-state index in [4.69, 9.17) is 9.47 Å². The van der Waals surface area contributed by atoms with Crippen molar-refractivity contribution in [1.29, 1.82) is 0 Å². The monoisotopic (exact) mass is 255 g/mol. The molecule has 0 amide bonds. The maximum absolute atomic E-state index is 5.65. The van der Waals surface area contributed by atoms with Crippen LogP contribution in [-0.4, -0.2) is 38.5 Å². The van der Waals surface area contributed by atoms with E-state index in [1.807, 2.05) is 6.92 Å². The first-order valence-electron chi connectivity index (χ1n) is 7.24. The molecule has 1 N–H and O–H groups in total. The summed E-state index contributed by atoms with van der Waals surface area (Å²) < 4.78 is 11.2. The van der Waals surface area contributed by atoms with Gasteiger partial charge in [0.25, 0.3) is 0 Å². The van der Waals surface area contributed by atoms with Gasteiger partial charge in [0.05, 0.1) is 12.2 Å². The Balaban J connectivity index is 1.76. The molecule has 18 heavy (non-hydrogen) atoms. The van der Waals surface area contributed by atoms with Crippen molar-refractivity contribution >= 4 is 0 Å². The van der Waals surface area contributed by atoms with Gasteiger partial charge in [-0.1, -0.05) is 27.7 Å². The molecule has 0 heterocycles. The first-order valence-corrected chi connectivity index (χ1v) is 7.24. The maximum atomic E-state index is 5.65. The summed E-state index contributed by atoms with van der Waals surface area (Å²) in [5.41, 5.74) is 0.928. The molecule has 2 fully saturated rings. The quantitative estimate of drug-likeness (QED) is 0.791. The zero-order valence-corrected chi connectivity index (χ0v) is 12.7. The molecule has 2 saturated carbocycles. The van der Waals surface area contributed by atoms with Crippen molar-refractivity contribution in [3.63, 3.8) is 0 Å². The molecule has 3 nitrogen and oxygen atoms in total. The number of nitrogens with one attached hydrogen (secondary N) is 1. The third-order valence-corrected chi connectivity index (χ3v) is 5.81. The van der Waals surface area contributed by atoms with Gasteiger partial charge >= 0.3 is 0 Å². The molecule has 2 rings (SSSR count). The summed E-state index contributed by atoms with van der Waals surface area (Å²) in [6.45, 7) is 13.4. The minimum Gasteiger partial charge on any atom is -0.377 e. The van der Waals surface area contributed by atoms with Gasteiger partial charge in [0.2, 0.25) is 0 Å². The number of rotatable bonds is 6. The summed E-state index contributed by atoms with van der Waals surface area (Å²) in [7, 11) is 1.79. The van der Waals surface area contributed by atoms with E-state index < -0.39 is 0 Å². The lowest BCUT2D eigenvalue weighted by molar-refractivity contribution is -0.131. The fraction of sp³-hybridized carbons (Fsp3) is 1.00. The molecular formula is C15H29NO2. The highest BCUT2D eigenvalue weighted by Gasteiger charge is 2.64. The second-order valence-electron chi connectivity index (χ2n) is 6.94. The Hall–Kier alpha value is -0.120. The Morgan fingerprint density at radius 1 is 1.17 bits per heavy atom. The summed E-state index contributed by atoms with van der Waals surface area (Å²) in [5.74, 6) is 0.772. The van der Waals surface area contributed by atoms with E-state index in [9.17, 15) is 0 Å². The zero-order chi connectivity index (χ0) is 13.6. The molecule has 0 aromatic rings. The fourth-order valence-corrected chi connectivity index (χ4v) is 3.59. The van der Waals surface area contributed by atoms with Crippen LogP contribution < -0.4 is 5.32 Å². The summed E-state index contributed by atoms with van der Waals surface area (Å²) in [4.78, 5) is 0. The second kappa shape index (κ2) is 4.77. The van der Waals surface area contributed by atoms with Crippen LogP contribution in [0.4, 0.5) is 0 Å². The third-order valence-electron chi connectivity index (χ3n) is 5.81. The molecule has 2 aliphatic rings. The number of methoxy groups -OCH3 is 1. The average molecular weight is 255 g/mol. The Morgan fingerprint density at radius 3 is 2.22 bits per heavy atom. The van der Waals surface area contributed by atoms with E-state index in [2.05, 4.69) is 33.0 Å². The molecule has 0 saturated heterocycles. The third kappa shape index (κ3) is 2.10. The Kier molecular flexibility index (Phi) is 3.79. The van der Waals surface area contributed by atoms with Crippen molar-refractivity contribution in [1.82, 2.24) is 5.32 Å². The first kappa shape index (κ1) is 14.3. The van der Waals surface area contributed by atoms with Gasteiger partial charge in [-0.15, -0.1) is 0 Å². The number of hydrogen-bond donors (Lipinski definition) is 1. The van der Waals surface area contributed by atoms with Gasteiger partial charge in [0.1, 0.15) is 0 Å². The first-order chi connectivity index (χ1) is 8.36. The Morgan fingerprint density at radius 2 is 1.78 bits per heavy atom. The molecule has 0 aliphatic heterocycles. The summed E-state index contributed by atoms with van der Waals surface area (Å²) in [5, 5.41) is 3.68. The molecule has 0 aromatic carbocycles. The van der Waals surface area contributed by atoms with Crippen LogP contribution in [-0.2, 0) is 9.47 Å². The van der Waals surface area contributed by atoms with Crippen molar-refractivity contribution < 1.29 is 9.47 Å². The molecule has 3 heteroatoms. The second-order valence-corrected chi connectivity index (χ2v) is 6.94. The molecule has 0 radical (unpaired) electrons. The van der Waals surface area contributed by atoms with E-state index in [0.29, 0.717) is 16.9 Å². The van der Waals surface area contributed by atoms with Crippen molar-refractivity contribution in [2.24, 2.45) is 16.7 Å². The largest absolute Gasteiger partial charge is 0.377 e. The molecule has 0 aromatic heterocycles. The van der Waals surface area contributed by atoms with E-state index >= 15 is 0 Å². The van der Waals surface area contributed by atoms with Gasteiger partial charge in [-0.25, -0.2) is 0 Å². The smallest absolute Gasteiger partial charge is 0.0986 e. The highest BCUT2D eigenvalue weighted by atomic mass is 16.5. The SMILES string of the molecule is CCOC1CC(NCC2C(C)(C)C2(C)C)C1OC. The van der Waals surface area contributed by atoms with E-state index in [1.165, 1.54) is 0 Å². The number of ether oxygens (including phenoxy) is 2. The summed E-state index contributed by atoms with van der Waals surface area (Å²) in [6, 6.07) is 0.471. The molecular weight excluding hydrogens is 226 g/mol. The van der Waals surface area contributed by atoms with Crippen molar-refractivity contribution in [2.45, 2.75) is 59.3 Å². The van der Waals surface area contributed by atoms with Crippen LogP contribution in [0.2, 0.25) is 0 Å². The van der Waals surface area contributed by atoms with Gasteiger partial charge in [0, 0.05) is 19.8 Å². The lowest BCUT2D eigenvalue weighted by Gasteiger charge is -2.43. The maximum Gasteiger partial charge on any atom is 0.0986 e. The van der Waals surface area contributed by atoms with E-state index in [-0.39, 0.29) is 12.2 Å². The summed E-state index contributed by atoms with van der Waals surface area (Å²) >= 11 is 0. The van der Waals surface area contributed by atoms with Gasteiger partial charge in [-0.3, -0.25) is 0 Å². The lowest BCUT2D eigenvalue weighted by Crippen LogP contribution is -2.60. The van der Waals surface area contributed by atoms with Crippen LogP contribution in [0.3, 0.4) is 0 Å². The molecule has 3 unspecified atom stereocenters. The van der Waals surface area contributed by atoms with Gasteiger partial charge in [0.15, 0.2) is 0 Å². The normalized spacial score (nSPS) is 37.3. The van der Waals surface area contributed by atoms with Gasteiger partial charge in [-0.2, -0.15) is 0 Å². The molecule has 0 spiro atoms. The van der Waals surface area contributed by atoms with E-state index in [0.717, 1.165) is 25.5 Å². The lowest BCUT2D eigenvalue weighted by atomic mass is 9.85. The predicted molar refractivity (Wildman–Crippen MR) is 73.7 cm³/mol. The van der Waals surface area contributed by atoms with Crippen LogP contribution in [0.5, 0.6) is 0 Å². The minimum atomic E-state index is 0.231. The van der Waals surface area contributed by atoms with Crippen molar-refractivity contribution in [3.8, 4) is 0 Å². The Labute approximate surface area is 112 Å². The van der Waals surface area contributed by atoms with Crippen molar-refractivity contribution in [3.05, 3.63) is 0 Å². The molecule has 0 bridgehead atoms. The minimum absolute atomic E-state index is 0.231. The topological polar surface area (TPSA) is 30.5 Å². The van der Waals surface area contributed by atoms with Crippen LogP contribution >= 0.6 is 0 Å². The van der Waals surface area contributed by atoms with Crippen LogP contribution in [0.25, 0.3) is 0 Å². The van der Waals surface area contributed by atoms with Crippen molar-refractivity contribution in [2.75, 3.05) is 20.3 Å². The van der Waals surface area contributed by atoms with Gasteiger partial charge in [-0.05, 0) is 36.6 Å². The zero-order valence-electron chi connectivity index (χ0n) is 12.7.